The fourth-order valence-corrected chi connectivity index (χ4v) is 1.54. The van der Waals surface area contributed by atoms with Gasteiger partial charge < -0.3 is 4.42 Å². The van der Waals surface area contributed by atoms with Crippen LogP contribution >= 0.6 is 0 Å². The maximum atomic E-state index is 5.48. The topological polar surface area (TPSA) is 69.0 Å². The van der Waals surface area contributed by atoms with Crippen molar-refractivity contribution in [3.63, 3.8) is 0 Å². The van der Waals surface area contributed by atoms with E-state index in [0.717, 1.165) is 17.7 Å². The summed E-state index contributed by atoms with van der Waals surface area (Å²) in [5, 5.41) is 4.10. The second-order valence-corrected chi connectivity index (χ2v) is 3.46. The molecule has 0 spiro atoms. The number of hydrogen-bond acceptors (Lipinski definition) is 4. The number of rotatable bonds is 4. The van der Waals surface area contributed by atoms with E-state index in [1.165, 1.54) is 0 Å². The Balaban J connectivity index is 2.09. The van der Waals surface area contributed by atoms with E-state index < -0.39 is 0 Å². The normalized spacial score (nSPS) is 12.9. The van der Waals surface area contributed by atoms with Gasteiger partial charge in [0.25, 0.3) is 0 Å². The summed E-state index contributed by atoms with van der Waals surface area (Å²) in [5.41, 5.74) is 3.85. The van der Waals surface area contributed by atoms with Crippen molar-refractivity contribution in [2.75, 3.05) is 0 Å². The molecule has 80 valence electrons. The second-order valence-electron chi connectivity index (χ2n) is 3.46. The van der Waals surface area contributed by atoms with Gasteiger partial charge in [-0.1, -0.05) is 0 Å². The molecule has 5 heteroatoms. The number of nitrogens with one attached hydrogen (secondary N) is 1. The van der Waals surface area contributed by atoms with Gasteiger partial charge >= 0.3 is 0 Å². The van der Waals surface area contributed by atoms with Crippen LogP contribution in [-0.2, 0) is 13.5 Å². The zero-order chi connectivity index (χ0) is 10.7. The molecule has 0 aliphatic rings. The molecule has 1 atom stereocenters. The Hall–Kier alpha value is -1.59. The molecule has 2 aromatic rings. The summed E-state index contributed by atoms with van der Waals surface area (Å²) in [7, 11) is 1.89. The van der Waals surface area contributed by atoms with E-state index in [0.29, 0.717) is 0 Å². The molecular weight excluding hydrogens is 192 g/mol. The fraction of sp³-hybridized carbons (Fsp3) is 0.300. The molecule has 2 rings (SSSR count). The van der Waals surface area contributed by atoms with E-state index in [-0.39, 0.29) is 6.04 Å². The molecule has 15 heavy (non-hydrogen) atoms. The lowest BCUT2D eigenvalue weighted by Gasteiger charge is -2.11. The lowest BCUT2D eigenvalue weighted by atomic mass is 10.1. The highest BCUT2D eigenvalue weighted by molar-refractivity contribution is 5.12. The van der Waals surface area contributed by atoms with Crippen molar-refractivity contribution in [3.05, 3.63) is 42.1 Å². The van der Waals surface area contributed by atoms with Crippen LogP contribution < -0.4 is 11.3 Å². The molecule has 0 saturated heterocycles. The van der Waals surface area contributed by atoms with Crippen molar-refractivity contribution in [2.45, 2.75) is 12.5 Å². The van der Waals surface area contributed by atoms with Crippen LogP contribution in [0.15, 0.2) is 35.2 Å². The molecule has 5 nitrogen and oxygen atoms in total. The van der Waals surface area contributed by atoms with Gasteiger partial charge in [-0.15, -0.1) is 0 Å². The van der Waals surface area contributed by atoms with E-state index in [1.807, 2.05) is 31.6 Å². The average Bonchev–Trinajstić information content (AvgIpc) is 2.85. The minimum Gasteiger partial charge on any atom is -0.468 e. The first kappa shape index (κ1) is 9.95. The molecule has 0 radical (unpaired) electrons. The van der Waals surface area contributed by atoms with E-state index in [2.05, 4.69) is 10.5 Å². The third-order valence-corrected chi connectivity index (χ3v) is 2.29. The van der Waals surface area contributed by atoms with Gasteiger partial charge in [-0.05, 0) is 24.1 Å². The summed E-state index contributed by atoms with van der Waals surface area (Å²) in [6.07, 6.45) is 6.20. The Bertz CT molecular complexity index is 407. The number of hydrazine groups is 1. The fourth-order valence-electron chi connectivity index (χ4n) is 1.54. The van der Waals surface area contributed by atoms with E-state index in [1.54, 1.807) is 10.9 Å². The van der Waals surface area contributed by atoms with Crippen molar-refractivity contribution >= 4 is 0 Å². The van der Waals surface area contributed by atoms with Gasteiger partial charge in [-0.25, -0.2) is 5.43 Å². The Morgan fingerprint density at radius 2 is 2.53 bits per heavy atom. The summed E-state index contributed by atoms with van der Waals surface area (Å²) in [4.78, 5) is 0. The molecule has 0 fully saturated rings. The van der Waals surface area contributed by atoms with Crippen molar-refractivity contribution < 1.29 is 4.42 Å². The number of hydrogen-bond donors (Lipinski definition) is 2. The maximum Gasteiger partial charge on any atom is 0.122 e. The monoisotopic (exact) mass is 206 g/mol. The minimum absolute atomic E-state index is 0.0100. The van der Waals surface area contributed by atoms with Gasteiger partial charge in [0.15, 0.2) is 0 Å². The van der Waals surface area contributed by atoms with Crippen molar-refractivity contribution in [1.29, 1.82) is 0 Å². The number of nitrogens with two attached hydrogens (primary N) is 1. The Labute approximate surface area is 87.8 Å². The van der Waals surface area contributed by atoms with E-state index in [4.69, 9.17) is 10.3 Å². The third kappa shape index (κ3) is 2.26. The van der Waals surface area contributed by atoms with Crippen LogP contribution in [0.1, 0.15) is 17.4 Å². The second kappa shape index (κ2) is 4.29. The third-order valence-electron chi connectivity index (χ3n) is 2.29. The standard InChI is InChI=1S/C10H14N4O/c1-14-7-8(6-12-14)5-9(13-11)10-3-2-4-15-10/h2-4,6-7,9,13H,5,11H2,1H3. The summed E-state index contributed by atoms with van der Waals surface area (Å²) in [6, 6.07) is 3.74. The first-order valence-electron chi connectivity index (χ1n) is 4.76. The predicted octanol–water partition coefficient (Wildman–Crippen LogP) is 0.760. The van der Waals surface area contributed by atoms with Crippen molar-refractivity contribution in [3.8, 4) is 0 Å². The highest BCUT2D eigenvalue weighted by Gasteiger charge is 2.13. The van der Waals surface area contributed by atoms with Crippen LogP contribution in [0.4, 0.5) is 0 Å². The molecule has 0 amide bonds. The number of aryl methyl sites for hydroxylation is 1. The Kier molecular flexibility index (Phi) is 2.84. The summed E-state index contributed by atoms with van der Waals surface area (Å²) >= 11 is 0. The van der Waals surface area contributed by atoms with Gasteiger partial charge in [-0.2, -0.15) is 5.10 Å². The maximum absolute atomic E-state index is 5.48. The smallest absolute Gasteiger partial charge is 0.122 e. The highest BCUT2D eigenvalue weighted by Crippen LogP contribution is 2.17. The predicted molar refractivity (Wildman–Crippen MR) is 55.7 cm³/mol. The molecule has 1 unspecified atom stereocenters. The molecule has 0 saturated carbocycles. The van der Waals surface area contributed by atoms with Gasteiger partial charge in [0, 0.05) is 13.2 Å². The summed E-state index contributed by atoms with van der Waals surface area (Å²) in [5.74, 6) is 6.32. The van der Waals surface area contributed by atoms with Crippen LogP contribution in [0.25, 0.3) is 0 Å². The highest BCUT2D eigenvalue weighted by atomic mass is 16.3. The van der Waals surface area contributed by atoms with Crippen molar-refractivity contribution in [1.82, 2.24) is 15.2 Å². The van der Waals surface area contributed by atoms with E-state index >= 15 is 0 Å². The van der Waals surface area contributed by atoms with Crippen LogP contribution in [-0.4, -0.2) is 9.78 Å². The first-order chi connectivity index (χ1) is 7.29. The molecular formula is C10H14N4O. The van der Waals surface area contributed by atoms with Gasteiger partial charge in [-0.3, -0.25) is 10.5 Å². The van der Waals surface area contributed by atoms with Crippen LogP contribution in [0.5, 0.6) is 0 Å². The lowest BCUT2D eigenvalue weighted by molar-refractivity contribution is 0.416. The lowest BCUT2D eigenvalue weighted by Crippen LogP contribution is -2.29. The number of nitrogens with zero attached hydrogens (tertiary/aromatic N) is 2. The summed E-state index contributed by atoms with van der Waals surface area (Å²) in [6.45, 7) is 0. The molecule has 0 aromatic carbocycles. The average molecular weight is 206 g/mol. The zero-order valence-corrected chi connectivity index (χ0v) is 8.55. The van der Waals surface area contributed by atoms with Crippen LogP contribution in [0, 0.1) is 0 Å². The number of aromatic nitrogens is 2. The molecule has 2 aromatic heterocycles. The quantitative estimate of drug-likeness (QED) is 0.572. The Morgan fingerprint density at radius 1 is 1.67 bits per heavy atom. The molecule has 3 N–H and O–H groups in total. The van der Waals surface area contributed by atoms with E-state index in [9.17, 15) is 0 Å². The largest absolute Gasteiger partial charge is 0.468 e. The van der Waals surface area contributed by atoms with Gasteiger partial charge in [0.05, 0.1) is 18.5 Å². The molecule has 0 bridgehead atoms. The first-order valence-corrected chi connectivity index (χ1v) is 4.76. The Morgan fingerprint density at radius 3 is 3.07 bits per heavy atom. The molecule has 0 aliphatic heterocycles. The van der Waals surface area contributed by atoms with Crippen molar-refractivity contribution in [2.24, 2.45) is 12.9 Å². The number of furan rings is 1. The van der Waals surface area contributed by atoms with Gasteiger partial charge in [0.1, 0.15) is 5.76 Å². The zero-order valence-electron chi connectivity index (χ0n) is 8.55. The molecule has 2 heterocycles. The SMILES string of the molecule is Cn1cc(CC(NN)c2ccco2)cn1. The van der Waals surface area contributed by atoms with Crippen LogP contribution in [0.3, 0.4) is 0 Å². The van der Waals surface area contributed by atoms with Gasteiger partial charge in [0.2, 0.25) is 0 Å². The minimum atomic E-state index is -0.0100. The van der Waals surface area contributed by atoms with Crippen LogP contribution in [0.2, 0.25) is 0 Å². The molecule has 0 aliphatic carbocycles. The summed E-state index contributed by atoms with van der Waals surface area (Å²) < 4.78 is 7.06.